The number of aryl methyl sites for hydroxylation is 1. The van der Waals surface area contributed by atoms with Crippen molar-refractivity contribution in [2.75, 3.05) is 13.1 Å². The monoisotopic (exact) mass is 285 g/mol. The van der Waals surface area contributed by atoms with Crippen LogP contribution in [-0.2, 0) is 13.6 Å². The lowest BCUT2D eigenvalue weighted by atomic mass is 9.89. The zero-order valence-electron chi connectivity index (χ0n) is 12.5. The van der Waals surface area contributed by atoms with Gasteiger partial charge in [-0.2, -0.15) is 0 Å². The zero-order valence-corrected chi connectivity index (χ0v) is 12.5. The van der Waals surface area contributed by atoms with Crippen LogP contribution in [0.3, 0.4) is 0 Å². The van der Waals surface area contributed by atoms with Crippen LogP contribution in [0.4, 0.5) is 0 Å². The van der Waals surface area contributed by atoms with E-state index < -0.39 is 6.10 Å². The largest absolute Gasteiger partial charge is 0.387 e. The third-order valence-electron chi connectivity index (χ3n) is 4.51. The van der Waals surface area contributed by atoms with E-state index in [0.717, 1.165) is 38.2 Å². The number of pyridine rings is 1. The van der Waals surface area contributed by atoms with Crippen LogP contribution in [-0.4, -0.2) is 32.6 Å². The van der Waals surface area contributed by atoms with E-state index in [1.165, 1.54) is 5.69 Å². The molecule has 1 aliphatic rings. The standard InChI is InChI=1S/C17H23N3O/c1-19-10-4-5-15(19)13-20-11-7-14(8-12-20)17(21)16-6-2-3-9-18-16/h2-6,9-10,14,17,21H,7-8,11-13H2,1H3. The van der Waals surface area contributed by atoms with Crippen molar-refractivity contribution in [3.8, 4) is 0 Å². The number of hydrogen-bond acceptors (Lipinski definition) is 3. The summed E-state index contributed by atoms with van der Waals surface area (Å²) in [6.07, 6.45) is 5.48. The fourth-order valence-electron chi connectivity index (χ4n) is 3.11. The summed E-state index contributed by atoms with van der Waals surface area (Å²) >= 11 is 0. The number of hydrogen-bond donors (Lipinski definition) is 1. The van der Waals surface area contributed by atoms with E-state index >= 15 is 0 Å². The van der Waals surface area contributed by atoms with Crippen LogP contribution in [0.2, 0.25) is 0 Å². The van der Waals surface area contributed by atoms with Crippen LogP contribution >= 0.6 is 0 Å². The Morgan fingerprint density at radius 1 is 1.24 bits per heavy atom. The molecule has 4 heteroatoms. The summed E-state index contributed by atoms with van der Waals surface area (Å²) in [5.74, 6) is 0.324. The molecule has 0 aliphatic carbocycles. The minimum atomic E-state index is -0.427. The summed E-state index contributed by atoms with van der Waals surface area (Å²) in [7, 11) is 2.09. The van der Waals surface area contributed by atoms with Crippen molar-refractivity contribution in [3.05, 3.63) is 54.1 Å². The van der Waals surface area contributed by atoms with E-state index in [9.17, 15) is 5.11 Å². The first-order valence-corrected chi connectivity index (χ1v) is 7.65. The van der Waals surface area contributed by atoms with E-state index in [0.29, 0.717) is 5.92 Å². The molecule has 0 bridgehead atoms. The summed E-state index contributed by atoms with van der Waals surface area (Å²) in [4.78, 5) is 6.75. The number of nitrogens with zero attached hydrogens (tertiary/aromatic N) is 3. The molecule has 2 aromatic heterocycles. The fraction of sp³-hybridized carbons (Fsp3) is 0.471. The summed E-state index contributed by atoms with van der Waals surface area (Å²) in [5.41, 5.74) is 2.15. The molecule has 0 spiro atoms. The Bertz CT molecular complexity index is 558. The summed E-state index contributed by atoms with van der Waals surface area (Å²) < 4.78 is 2.18. The third-order valence-corrected chi connectivity index (χ3v) is 4.51. The molecule has 0 radical (unpaired) electrons. The molecule has 1 unspecified atom stereocenters. The number of rotatable bonds is 4. The smallest absolute Gasteiger partial charge is 0.0988 e. The number of piperidine rings is 1. The first-order chi connectivity index (χ1) is 10.2. The first kappa shape index (κ1) is 14.3. The molecule has 0 amide bonds. The predicted molar refractivity (Wildman–Crippen MR) is 82.6 cm³/mol. The van der Waals surface area contributed by atoms with E-state index in [1.807, 2.05) is 18.2 Å². The highest BCUT2D eigenvalue weighted by molar-refractivity contribution is 5.09. The topological polar surface area (TPSA) is 41.3 Å². The lowest BCUT2D eigenvalue weighted by Gasteiger charge is -2.34. The Kier molecular flexibility index (Phi) is 4.36. The van der Waals surface area contributed by atoms with Crippen molar-refractivity contribution >= 4 is 0 Å². The van der Waals surface area contributed by atoms with Gasteiger partial charge in [-0.1, -0.05) is 6.07 Å². The molecule has 1 N–H and O–H groups in total. The second-order valence-electron chi connectivity index (χ2n) is 5.92. The lowest BCUT2D eigenvalue weighted by Crippen LogP contribution is -2.35. The van der Waals surface area contributed by atoms with Gasteiger partial charge in [-0.15, -0.1) is 0 Å². The Labute approximate surface area is 126 Å². The van der Waals surface area contributed by atoms with Crippen LogP contribution in [0.1, 0.15) is 30.3 Å². The molecule has 1 fully saturated rings. The van der Waals surface area contributed by atoms with Gasteiger partial charge in [0.25, 0.3) is 0 Å². The number of aromatic nitrogens is 2. The van der Waals surface area contributed by atoms with Crippen molar-refractivity contribution in [2.45, 2.75) is 25.5 Å². The molecule has 0 saturated carbocycles. The van der Waals surface area contributed by atoms with Gasteiger partial charge in [0.15, 0.2) is 0 Å². The van der Waals surface area contributed by atoms with Crippen molar-refractivity contribution in [1.82, 2.24) is 14.5 Å². The van der Waals surface area contributed by atoms with Gasteiger partial charge in [-0.05, 0) is 56.1 Å². The highest BCUT2D eigenvalue weighted by Crippen LogP contribution is 2.30. The van der Waals surface area contributed by atoms with Crippen LogP contribution in [0.15, 0.2) is 42.7 Å². The van der Waals surface area contributed by atoms with Gasteiger partial charge in [0.2, 0.25) is 0 Å². The van der Waals surface area contributed by atoms with Crippen LogP contribution in [0.25, 0.3) is 0 Å². The minimum absolute atomic E-state index is 0.324. The lowest BCUT2D eigenvalue weighted by molar-refractivity contribution is 0.0534. The van der Waals surface area contributed by atoms with Gasteiger partial charge >= 0.3 is 0 Å². The van der Waals surface area contributed by atoms with E-state index in [1.54, 1.807) is 6.20 Å². The van der Waals surface area contributed by atoms with Gasteiger partial charge in [0.1, 0.15) is 0 Å². The second-order valence-corrected chi connectivity index (χ2v) is 5.92. The number of likely N-dealkylation sites (tertiary alicyclic amines) is 1. The molecule has 1 saturated heterocycles. The molecule has 3 rings (SSSR count). The third kappa shape index (κ3) is 3.34. The molecule has 2 aromatic rings. The Morgan fingerprint density at radius 3 is 2.67 bits per heavy atom. The molecule has 1 aliphatic heterocycles. The van der Waals surface area contributed by atoms with E-state index in [2.05, 4.69) is 39.8 Å². The molecule has 112 valence electrons. The van der Waals surface area contributed by atoms with Crippen molar-refractivity contribution in [3.63, 3.8) is 0 Å². The zero-order chi connectivity index (χ0) is 14.7. The van der Waals surface area contributed by atoms with Crippen molar-refractivity contribution < 1.29 is 5.11 Å². The highest BCUT2D eigenvalue weighted by atomic mass is 16.3. The van der Waals surface area contributed by atoms with Gasteiger partial charge in [0, 0.05) is 31.7 Å². The average Bonchev–Trinajstić information content (AvgIpc) is 2.93. The van der Waals surface area contributed by atoms with Crippen LogP contribution in [0.5, 0.6) is 0 Å². The SMILES string of the molecule is Cn1cccc1CN1CCC(C(O)c2ccccn2)CC1. The Balaban J connectivity index is 1.54. The maximum absolute atomic E-state index is 10.4. The first-order valence-electron chi connectivity index (χ1n) is 7.65. The van der Waals surface area contributed by atoms with Crippen LogP contribution < -0.4 is 0 Å². The fourth-order valence-corrected chi connectivity index (χ4v) is 3.11. The van der Waals surface area contributed by atoms with Gasteiger partial charge in [-0.25, -0.2) is 0 Å². The van der Waals surface area contributed by atoms with Crippen LogP contribution in [0, 0.1) is 5.92 Å². The number of aliphatic hydroxyl groups is 1. The van der Waals surface area contributed by atoms with Gasteiger partial charge in [-0.3, -0.25) is 9.88 Å². The average molecular weight is 285 g/mol. The number of aliphatic hydroxyl groups excluding tert-OH is 1. The summed E-state index contributed by atoms with van der Waals surface area (Å²) in [5, 5.41) is 10.4. The molecule has 4 nitrogen and oxygen atoms in total. The highest BCUT2D eigenvalue weighted by Gasteiger charge is 2.27. The van der Waals surface area contributed by atoms with Gasteiger partial charge < -0.3 is 9.67 Å². The predicted octanol–water partition coefficient (Wildman–Crippen LogP) is 2.37. The summed E-state index contributed by atoms with van der Waals surface area (Å²) in [6, 6.07) is 10.0. The summed E-state index contributed by atoms with van der Waals surface area (Å²) in [6.45, 7) is 3.08. The quantitative estimate of drug-likeness (QED) is 0.937. The Morgan fingerprint density at radius 2 is 2.05 bits per heavy atom. The van der Waals surface area contributed by atoms with Crippen molar-refractivity contribution in [1.29, 1.82) is 0 Å². The minimum Gasteiger partial charge on any atom is -0.387 e. The molecular weight excluding hydrogens is 262 g/mol. The second kappa shape index (κ2) is 6.41. The maximum Gasteiger partial charge on any atom is 0.0988 e. The molecule has 1 atom stereocenters. The van der Waals surface area contributed by atoms with E-state index in [-0.39, 0.29) is 0 Å². The van der Waals surface area contributed by atoms with Crippen molar-refractivity contribution in [2.24, 2.45) is 13.0 Å². The normalized spacial score (nSPS) is 18.8. The molecular formula is C17H23N3O. The molecule has 3 heterocycles. The molecule has 21 heavy (non-hydrogen) atoms. The maximum atomic E-state index is 10.4. The Hall–Kier alpha value is -1.65. The van der Waals surface area contributed by atoms with Gasteiger partial charge in [0.05, 0.1) is 11.8 Å². The van der Waals surface area contributed by atoms with E-state index in [4.69, 9.17) is 0 Å². The molecule has 0 aromatic carbocycles.